The van der Waals surface area contributed by atoms with E-state index in [0.717, 1.165) is 12.2 Å². The van der Waals surface area contributed by atoms with Gasteiger partial charge in [0.1, 0.15) is 11.9 Å². The minimum Gasteiger partial charge on any atom is -0.455 e. The van der Waals surface area contributed by atoms with Crippen molar-refractivity contribution < 1.29 is 14.3 Å². The third-order valence-corrected chi connectivity index (χ3v) is 5.36. The molecule has 1 fully saturated rings. The van der Waals surface area contributed by atoms with E-state index in [0.29, 0.717) is 29.5 Å². The molecule has 0 radical (unpaired) electrons. The number of halogens is 1. The van der Waals surface area contributed by atoms with Crippen molar-refractivity contribution in [2.75, 3.05) is 24.5 Å². The lowest BCUT2D eigenvalue weighted by Gasteiger charge is -2.38. The molecule has 2 aliphatic heterocycles. The molecule has 1 aromatic heterocycles. The molecule has 9 heteroatoms. The number of imidazole rings is 1. The molecule has 2 aromatic rings. The number of hydrogen-bond acceptors (Lipinski definition) is 5. The molecule has 1 saturated heterocycles. The van der Waals surface area contributed by atoms with Crippen LogP contribution in [0.25, 0.3) is 5.69 Å². The Balaban J connectivity index is 1.74. The lowest BCUT2D eigenvalue weighted by Crippen LogP contribution is -2.55. The summed E-state index contributed by atoms with van der Waals surface area (Å²) < 4.78 is 7.35. The van der Waals surface area contributed by atoms with E-state index in [2.05, 4.69) is 17.2 Å². The average molecular weight is 432 g/mol. The van der Waals surface area contributed by atoms with Gasteiger partial charge in [-0.05, 0) is 45.9 Å². The maximum atomic E-state index is 13.4. The van der Waals surface area contributed by atoms with Gasteiger partial charge in [-0.2, -0.15) is 0 Å². The van der Waals surface area contributed by atoms with Gasteiger partial charge in [0.2, 0.25) is 0 Å². The Kier molecular flexibility index (Phi) is 5.23. The molecular weight excluding hydrogens is 406 g/mol. The molecule has 0 unspecified atom stereocenters. The van der Waals surface area contributed by atoms with Crippen molar-refractivity contribution in [3.8, 4) is 5.69 Å². The predicted octanol–water partition coefficient (Wildman–Crippen LogP) is 3.21. The van der Waals surface area contributed by atoms with Crippen molar-refractivity contribution in [3.05, 3.63) is 40.9 Å². The molecule has 160 valence electrons. The summed E-state index contributed by atoms with van der Waals surface area (Å²) in [5.41, 5.74) is 1.64. The minimum atomic E-state index is -0.639. The van der Waals surface area contributed by atoms with E-state index < -0.39 is 11.6 Å². The fraction of sp³-hybridized carbons (Fsp3) is 0.476. The van der Waals surface area contributed by atoms with Crippen LogP contribution in [0.5, 0.6) is 0 Å². The first kappa shape index (κ1) is 20.7. The topological polar surface area (TPSA) is 79.7 Å². The summed E-state index contributed by atoms with van der Waals surface area (Å²) >= 11 is 6.25. The predicted molar refractivity (Wildman–Crippen MR) is 114 cm³/mol. The highest BCUT2D eigenvalue weighted by Crippen LogP contribution is 2.36. The monoisotopic (exact) mass is 431 g/mol. The Morgan fingerprint density at radius 2 is 2.03 bits per heavy atom. The van der Waals surface area contributed by atoms with Gasteiger partial charge in [-0.1, -0.05) is 11.6 Å². The molecular formula is C21H26ClN5O3. The van der Waals surface area contributed by atoms with Gasteiger partial charge in [-0.3, -0.25) is 9.47 Å². The Hall–Kier alpha value is -2.58. The van der Waals surface area contributed by atoms with Crippen LogP contribution in [0.2, 0.25) is 5.02 Å². The van der Waals surface area contributed by atoms with E-state index in [1.807, 2.05) is 36.3 Å². The van der Waals surface area contributed by atoms with Crippen molar-refractivity contribution in [2.45, 2.75) is 45.9 Å². The summed E-state index contributed by atoms with van der Waals surface area (Å²) in [5, 5.41) is 3.88. The third kappa shape index (κ3) is 3.89. The molecule has 2 amide bonds. The van der Waals surface area contributed by atoms with Gasteiger partial charge >= 0.3 is 12.0 Å². The van der Waals surface area contributed by atoms with Gasteiger partial charge in [0.15, 0.2) is 5.69 Å². The van der Waals surface area contributed by atoms with E-state index in [1.54, 1.807) is 23.4 Å². The highest BCUT2D eigenvalue weighted by atomic mass is 35.5. The Labute approximate surface area is 180 Å². The van der Waals surface area contributed by atoms with E-state index in [-0.39, 0.29) is 24.3 Å². The van der Waals surface area contributed by atoms with Crippen molar-refractivity contribution in [1.29, 1.82) is 0 Å². The summed E-state index contributed by atoms with van der Waals surface area (Å²) in [6.45, 7) is 9.67. The number of fused-ring (bicyclic) bond motifs is 3. The number of nitrogens with zero attached hydrogens (tertiary/aromatic N) is 4. The highest BCUT2D eigenvalue weighted by Gasteiger charge is 2.35. The molecule has 0 aliphatic carbocycles. The van der Waals surface area contributed by atoms with Crippen LogP contribution in [0, 0.1) is 0 Å². The summed E-state index contributed by atoms with van der Waals surface area (Å²) in [6, 6.07) is 5.47. The number of ether oxygens (including phenoxy) is 1. The number of piperazine rings is 1. The normalized spacial score (nSPS) is 18.6. The molecule has 30 heavy (non-hydrogen) atoms. The SMILES string of the molecule is C[C@@H]1CN(C(=O)N2Cc3c(C(=O)OC(C)(C)C)ncn3-c3ccc(Cl)cc32)CCN1. The lowest BCUT2D eigenvalue weighted by molar-refractivity contribution is 0.00619. The van der Waals surface area contributed by atoms with Gasteiger partial charge in [0.25, 0.3) is 0 Å². The first-order valence-corrected chi connectivity index (χ1v) is 10.4. The van der Waals surface area contributed by atoms with Gasteiger partial charge in [-0.15, -0.1) is 0 Å². The largest absolute Gasteiger partial charge is 0.455 e. The molecule has 4 rings (SSSR count). The quantitative estimate of drug-likeness (QED) is 0.701. The van der Waals surface area contributed by atoms with Crippen LogP contribution in [-0.4, -0.2) is 57.7 Å². The number of rotatable bonds is 1. The molecule has 1 N–H and O–H groups in total. The zero-order valence-electron chi connectivity index (χ0n) is 17.6. The van der Waals surface area contributed by atoms with E-state index in [4.69, 9.17) is 16.3 Å². The Bertz CT molecular complexity index is 997. The molecule has 3 heterocycles. The standard InChI is InChI=1S/C21H26ClN5O3/c1-13-10-25(8-7-23-13)20(29)26-11-17-18(19(28)30-21(2,3)4)24-12-27(17)15-6-5-14(22)9-16(15)26/h5-6,9,12-13,23H,7-8,10-11H2,1-4H3/t13-/m1/s1. The maximum absolute atomic E-state index is 13.4. The summed E-state index contributed by atoms with van der Waals surface area (Å²) in [6.07, 6.45) is 1.59. The number of nitrogens with one attached hydrogen (secondary N) is 1. The Morgan fingerprint density at radius 3 is 2.73 bits per heavy atom. The summed E-state index contributed by atoms with van der Waals surface area (Å²) in [7, 11) is 0. The number of aromatic nitrogens is 2. The number of esters is 1. The van der Waals surface area contributed by atoms with Gasteiger partial charge in [0, 0.05) is 30.7 Å². The smallest absolute Gasteiger partial charge is 0.359 e. The fourth-order valence-corrected chi connectivity index (χ4v) is 3.99. The molecule has 0 saturated carbocycles. The van der Waals surface area contributed by atoms with E-state index in [9.17, 15) is 9.59 Å². The van der Waals surface area contributed by atoms with Gasteiger partial charge in [-0.25, -0.2) is 14.6 Å². The number of carbonyl (C=O) groups is 2. The first-order valence-electron chi connectivity index (χ1n) is 10.0. The Morgan fingerprint density at radius 1 is 1.27 bits per heavy atom. The van der Waals surface area contributed by atoms with Crippen LogP contribution in [0.3, 0.4) is 0 Å². The zero-order valence-corrected chi connectivity index (χ0v) is 18.4. The number of carbonyl (C=O) groups excluding carboxylic acids is 2. The number of urea groups is 1. The van der Waals surface area contributed by atoms with Gasteiger partial charge < -0.3 is 15.0 Å². The van der Waals surface area contributed by atoms with Crippen LogP contribution >= 0.6 is 11.6 Å². The third-order valence-electron chi connectivity index (χ3n) is 5.12. The van der Waals surface area contributed by atoms with E-state index >= 15 is 0 Å². The fourth-order valence-electron chi connectivity index (χ4n) is 3.83. The summed E-state index contributed by atoms with van der Waals surface area (Å²) in [4.78, 5) is 34.0. The van der Waals surface area contributed by atoms with Crippen LogP contribution in [0.4, 0.5) is 10.5 Å². The number of hydrogen-bond donors (Lipinski definition) is 1. The van der Waals surface area contributed by atoms with Crippen molar-refractivity contribution >= 4 is 29.3 Å². The number of amides is 2. The van der Waals surface area contributed by atoms with Crippen LogP contribution in [0.15, 0.2) is 24.5 Å². The van der Waals surface area contributed by atoms with Gasteiger partial charge in [0.05, 0.1) is 23.6 Å². The summed E-state index contributed by atoms with van der Waals surface area (Å²) in [5.74, 6) is -0.503. The van der Waals surface area contributed by atoms with Crippen LogP contribution < -0.4 is 10.2 Å². The van der Waals surface area contributed by atoms with Crippen molar-refractivity contribution in [2.24, 2.45) is 0 Å². The van der Waals surface area contributed by atoms with Crippen LogP contribution in [-0.2, 0) is 11.3 Å². The molecule has 0 bridgehead atoms. The second-order valence-corrected chi connectivity index (χ2v) is 9.15. The highest BCUT2D eigenvalue weighted by molar-refractivity contribution is 6.31. The van der Waals surface area contributed by atoms with E-state index in [1.165, 1.54) is 0 Å². The second-order valence-electron chi connectivity index (χ2n) is 8.71. The van der Waals surface area contributed by atoms with Crippen molar-refractivity contribution in [3.63, 3.8) is 0 Å². The van der Waals surface area contributed by atoms with Crippen molar-refractivity contribution in [1.82, 2.24) is 19.8 Å². The molecule has 2 aliphatic rings. The molecule has 8 nitrogen and oxygen atoms in total. The molecule has 1 aromatic carbocycles. The maximum Gasteiger partial charge on any atom is 0.359 e. The second kappa shape index (κ2) is 7.59. The number of benzene rings is 1. The minimum absolute atomic E-state index is 0.116. The first-order chi connectivity index (χ1) is 14.1. The number of anilines is 1. The molecule has 1 atom stereocenters. The average Bonchev–Trinajstić information content (AvgIpc) is 3.09. The molecule has 0 spiro atoms. The lowest BCUT2D eigenvalue weighted by atomic mass is 10.1. The zero-order chi connectivity index (χ0) is 21.6. The van der Waals surface area contributed by atoms with Crippen LogP contribution in [0.1, 0.15) is 43.9 Å².